The van der Waals surface area contributed by atoms with Crippen molar-refractivity contribution in [1.82, 2.24) is 9.62 Å². The number of amides is 1. The van der Waals surface area contributed by atoms with Gasteiger partial charge >= 0.3 is 5.97 Å². The van der Waals surface area contributed by atoms with Crippen LogP contribution in [0.4, 0.5) is 0 Å². The molecule has 1 atom stereocenters. The Bertz CT molecular complexity index is 757. The van der Waals surface area contributed by atoms with Gasteiger partial charge in [-0.3, -0.25) is 4.79 Å². The number of nitrogens with one attached hydrogen (secondary N) is 1. The second-order valence-electron chi connectivity index (χ2n) is 6.83. The highest BCUT2D eigenvalue weighted by Crippen LogP contribution is 2.21. The highest BCUT2D eigenvalue weighted by Gasteiger charge is 2.26. The Morgan fingerprint density at radius 1 is 1.22 bits per heavy atom. The van der Waals surface area contributed by atoms with Gasteiger partial charge < -0.3 is 10.1 Å². The Morgan fingerprint density at radius 3 is 2.59 bits per heavy atom. The summed E-state index contributed by atoms with van der Waals surface area (Å²) in [5.41, 5.74) is 0.113. The van der Waals surface area contributed by atoms with E-state index in [0.717, 1.165) is 32.1 Å². The molecule has 0 saturated carbocycles. The molecule has 27 heavy (non-hydrogen) atoms. The third kappa shape index (κ3) is 6.04. The lowest BCUT2D eigenvalue weighted by atomic mass is 10.2. The van der Waals surface area contributed by atoms with Gasteiger partial charge in [0.05, 0.1) is 10.5 Å². The van der Waals surface area contributed by atoms with E-state index in [1.807, 2.05) is 13.8 Å². The number of esters is 1. The summed E-state index contributed by atoms with van der Waals surface area (Å²) in [6, 6.07) is 5.79. The summed E-state index contributed by atoms with van der Waals surface area (Å²) in [7, 11) is -3.63. The molecule has 0 radical (unpaired) electrons. The summed E-state index contributed by atoms with van der Waals surface area (Å²) >= 11 is 0. The molecule has 1 aliphatic rings. The summed E-state index contributed by atoms with van der Waals surface area (Å²) in [5, 5.41) is 2.75. The molecule has 1 aromatic rings. The minimum atomic E-state index is -3.63. The number of nitrogens with zero attached hydrogens (tertiary/aromatic N) is 1. The van der Waals surface area contributed by atoms with E-state index >= 15 is 0 Å². The molecule has 0 aromatic heterocycles. The number of carbonyl (C=O) groups excluding carboxylic acids is 2. The van der Waals surface area contributed by atoms with Crippen LogP contribution in [0.3, 0.4) is 0 Å². The molecular weight excluding hydrogens is 368 g/mol. The fourth-order valence-corrected chi connectivity index (χ4v) is 4.64. The predicted octanol–water partition coefficient (Wildman–Crippen LogP) is 2.32. The average molecular weight is 397 g/mol. The van der Waals surface area contributed by atoms with Gasteiger partial charge in [0.15, 0.2) is 6.61 Å². The van der Waals surface area contributed by atoms with Gasteiger partial charge in [0.1, 0.15) is 0 Å². The van der Waals surface area contributed by atoms with Gasteiger partial charge in [0.2, 0.25) is 10.0 Å². The molecule has 0 aliphatic carbocycles. The maximum atomic E-state index is 12.7. The first-order valence-electron chi connectivity index (χ1n) is 9.41. The van der Waals surface area contributed by atoms with Crippen LogP contribution < -0.4 is 5.32 Å². The number of piperidine rings is 1. The van der Waals surface area contributed by atoms with Gasteiger partial charge in [-0.1, -0.05) is 25.8 Å². The van der Waals surface area contributed by atoms with Gasteiger partial charge in [-0.2, -0.15) is 4.31 Å². The molecule has 1 amide bonds. The molecule has 0 unspecified atom stereocenters. The number of rotatable bonds is 8. The minimum Gasteiger partial charge on any atom is -0.452 e. The van der Waals surface area contributed by atoms with E-state index < -0.39 is 22.6 Å². The Hall–Kier alpha value is -1.93. The van der Waals surface area contributed by atoms with E-state index in [-0.39, 0.29) is 22.4 Å². The second-order valence-corrected chi connectivity index (χ2v) is 8.76. The zero-order valence-corrected chi connectivity index (χ0v) is 16.8. The second kappa shape index (κ2) is 9.85. The Balaban J connectivity index is 1.99. The van der Waals surface area contributed by atoms with Gasteiger partial charge in [0.25, 0.3) is 5.91 Å². The summed E-state index contributed by atoms with van der Waals surface area (Å²) in [6.45, 7) is 4.50. The quantitative estimate of drug-likeness (QED) is 0.681. The highest BCUT2D eigenvalue weighted by molar-refractivity contribution is 7.89. The maximum absolute atomic E-state index is 12.7. The smallest absolute Gasteiger partial charge is 0.338 e. The summed E-state index contributed by atoms with van der Waals surface area (Å²) in [6.07, 6.45) is 4.49. The monoisotopic (exact) mass is 396 g/mol. The molecular formula is C19H28N2O5S. The van der Waals surface area contributed by atoms with Crippen LogP contribution in [-0.2, 0) is 19.6 Å². The van der Waals surface area contributed by atoms with Crippen LogP contribution in [0.25, 0.3) is 0 Å². The van der Waals surface area contributed by atoms with Crippen LogP contribution in [0.5, 0.6) is 0 Å². The van der Waals surface area contributed by atoms with Crippen molar-refractivity contribution in [1.29, 1.82) is 0 Å². The topological polar surface area (TPSA) is 92.8 Å². The Kier molecular flexibility index (Phi) is 7.79. The molecule has 1 aliphatic heterocycles. The third-order valence-corrected chi connectivity index (χ3v) is 6.38. The van der Waals surface area contributed by atoms with Gasteiger partial charge in [-0.05, 0) is 44.4 Å². The number of hydrogen-bond donors (Lipinski definition) is 1. The molecule has 1 heterocycles. The van der Waals surface area contributed by atoms with Crippen LogP contribution in [0.15, 0.2) is 29.2 Å². The van der Waals surface area contributed by atoms with Crippen LogP contribution >= 0.6 is 0 Å². The summed E-state index contributed by atoms with van der Waals surface area (Å²) in [5.74, 6) is -1.09. The number of benzene rings is 1. The third-order valence-electron chi connectivity index (χ3n) is 4.49. The molecule has 1 N–H and O–H groups in total. The molecule has 2 rings (SSSR count). The minimum absolute atomic E-state index is 0.0132. The fraction of sp³-hybridized carbons (Fsp3) is 0.579. The van der Waals surface area contributed by atoms with Crippen molar-refractivity contribution in [2.75, 3.05) is 19.7 Å². The van der Waals surface area contributed by atoms with E-state index in [0.29, 0.717) is 13.1 Å². The first kappa shape index (κ1) is 21.4. The molecule has 0 spiro atoms. The standard InChI is InChI=1S/C19H28N2O5S/c1-3-8-15(2)20-18(22)14-26-19(23)16-9-7-10-17(13-16)27(24,25)21-11-5-4-6-12-21/h7,9-10,13,15H,3-6,8,11-12,14H2,1-2H3,(H,20,22)/t15-/m0/s1. The Labute approximate surface area is 161 Å². The van der Waals surface area contributed by atoms with Crippen molar-refractivity contribution < 1.29 is 22.7 Å². The van der Waals surface area contributed by atoms with Gasteiger partial charge in [-0.15, -0.1) is 0 Å². The molecule has 1 aromatic carbocycles. The zero-order valence-electron chi connectivity index (χ0n) is 15.9. The van der Waals surface area contributed by atoms with E-state index in [9.17, 15) is 18.0 Å². The lowest BCUT2D eigenvalue weighted by Crippen LogP contribution is -2.36. The first-order valence-corrected chi connectivity index (χ1v) is 10.8. The first-order chi connectivity index (χ1) is 12.8. The number of hydrogen-bond acceptors (Lipinski definition) is 5. The van der Waals surface area contributed by atoms with Gasteiger partial charge in [-0.25, -0.2) is 13.2 Å². The summed E-state index contributed by atoms with van der Waals surface area (Å²) in [4.78, 5) is 24.1. The van der Waals surface area contributed by atoms with Crippen molar-refractivity contribution in [3.05, 3.63) is 29.8 Å². The highest BCUT2D eigenvalue weighted by atomic mass is 32.2. The number of ether oxygens (including phenoxy) is 1. The maximum Gasteiger partial charge on any atom is 0.338 e. The van der Waals surface area contributed by atoms with Crippen LogP contribution in [-0.4, -0.2) is 50.3 Å². The van der Waals surface area contributed by atoms with E-state index in [1.54, 1.807) is 0 Å². The van der Waals surface area contributed by atoms with E-state index in [1.165, 1.54) is 28.6 Å². The molecule has 0 bridgehead atoms. The average Bonchev–Trinajstić information content (AvgIpc) is 2.67. The number of sulfonamides is 1. The SMILES string of the molecule is CCC[C@H](C)NC(=O)COC(=O)c1cccc(S(=O)(=O)N2CCCCC2)c1. The van der Waals surface area contributed by atoms with Crippen LogP contribution in [0, 0.1) is 0 Å². The van der Waals surface area contributed by atoms with Crippen molar-refractivity contribution in [2.45, 2.75) is 56.9 Å². The number of carbonyl (C=O) groups is 2. The predicted molar refractivity (Wildman–Crippen MR) is 102 cm³/mol. The van der Waals surface area contributed by atoms with Crippen LogP contribution in [0.1, 0.15) is 56.3 Å². The lowest BCUT2D eigenvalue weighted by Gasteiger charge is -2.25. The van der Waals surface area contributed by atoms with Crippen LogP contribution in [0.2, 0.25) is 0 Å². The van der Waals surface area contributed by atoms with Crippen molar-refractivity contribution in [3.8, 4) is 0 Å². The molecule has 1 saturated heterocycles. The van der Waals surface area contributed by atoms with Crippen molar-refractivity contribution >= 4 is 21.9 Å². The Morgan fingerprint density at radius 2 is 1.93 bits per heavy atom. The van der Waals surface area contributed by atoms with Crippen molar-refractivity contribution in [2.24, 2.45) is 0 Å². The largest absolute Gasteiger partial charge is 0.452 e. The lowest BCUT2D eigenvalue weighted by molar-refractivity contribution is -0.124. The van der Waals surface area contributed by atoms with E-state index in [4.69, 9.17) is 4.74 Å². The molecule has 1 fully saturated rings. The normalized spacial score (nSPS) is 16.5. The fourth-order valence-electron chi connectivity index (χ4n) is 3.07. The van der Waals surface area contributed by atoms with Gasteiger partial charge in [0, 0.05) is 19.1 Å². The summed E-state index contributed by atoms with van der Waals surface area (Å²) < 4.78 is 31.9. The van der Waals surface area contributed by atoms with Crippen molar-refractivity contribution in [3.63, 3.8) is 0 Å². The molecule has 8 heteroatoms. The molecule has 7 nitrogen and oxygen atoms in total. The zero-order chi connectivity index (χ0) is 19.9. The molecule has 150 valence electrons. The van der Waals surface area contributed by atoms with E-state index in [2.05, 4.69) is 5.32 Å².